The van der Waals surface area contributed by atoms with Gasteiger partial charge in [0.25, 0.3) is 11.8 Å². The molecule has 1 aliphatic rings. The van der Waals surface area contributed by atoms with Crippen LogP contribution in [0.3, 0.4) is 0 Å². The van der Waals surface area contributed by atoms with Crippen LogP contribution < -0.4 is 15.8 Å². The van der Waals surface area contributed by atoms with Crippen molar-refractivity contribution in [2.24, 2.45) is 11.7 Å². The number of benzene rings is 1. The van der Waals surface area contributed by atoms with Crippen LogP contribution in [-0.4, -0.2) is 41.8 Å². The average molecular weight is 474 g/mol. The lowest BCUT2D eigenvalue weighted by Gasteiger charge is -2.32. The Kier molecular flexibility index (Phi) is 5.95. The molecule has 3 N–H and O–H groups in total. The topological polar surface area (TPSA) is 104 Å². The summed E-state index contributed by atoms with van der Waals surface area (Å²) in [5, 5.41) is 2.25. The second kappa shape index (κ2) is 8.58. The lowest BCUT2D eigenvalue weighted by molar-refractivity contribution is -0.272. The highest BCUT2D eigenvalue weighted by Crippen LogP contribution is 2.55. The number of carbonyl (C=O) groups is 2. The Morgan fingerprint density at radius 1 is 1.33 bits per heavy atom. The number of hydrogen-bond acceptors (Lipinski definition) is 5. The highest BCUT2D eigenvalue weighted by atomic mass is 19.4. The highest BCUT2D eigenvalue weighted by molar-refractivity contribution is 5.97. The van der Waals surface area contributed by atoms with Crippen LogP contribution in [0, 0.1) is 17.6 Å². The van der Waals surface area contributed by atoms with E-state index in [4.69, 9.17) is 16.6 Å². The number of alkyl halides is 3. The number of nitrogens with two attached hydrogens (primary N) is 1. The summed E-state index contributed by atoms with van der Waals surface area (Å²) < 4.78 is 88.0. The Morgan fingerprint density at radius 2 is 2.00 bits per heavy atom. The van der Waals surface area contributed by atoms with Crippen LogP contribution in [0.1, 0.15) is 37.2 Å². The van der Waals surface area contributed by atoms with Crippen LogP contribution in [0.15, 0.2) is 30.4 Å². The predicted molar refractivity (Wildman–Crippen MR) is 106 cm³/mol. The number of pyridine rings is 1. The fourth-order valence-electron chi connectivity index (χ4n) is 3.84. The van der Waals surface area contributed by atoms with Gasteiger partial charge in [-0.2, -0.15) is 17.6 Å². The van der Waals surface area contributed by atoms with Gasteiger partial charge in [-0.15, -0.1) is 0 Å². The number of anilines is 1. The number of nitrogens with zero attached hydrogens (tertiary/aromatic N) is 1. The van der Waals surface area contributed by atoms with Gasteiger partial charge >= 0.3 is 6.18 Å². The highest BCUT2D eigenvalue weighted by Gasteiger charge is 2.65. The summed E-state index contributed by atoms with van der Waals surface area (Å²) in [6.07, 6.45) is -5.87. The zero-order valence-electron chi connectivity index (χ0n) is 18.6. The van der Waals surface area contributed by atoms with Gasteiger partial charge in [-0.25, -0.2) is 4.39 Å². The van der Waals surface area contributed by atoms with Gasteiger partial charge in [0, 0.05) is 29.3 Å². The maximum atomic E-state index is 14.4. The molecule has 4 atom stereocenters. The number of primary amides is 1. The number of nitrogens with one attached hydrogen (secondary N) is 1. The first kappa shape index (κ1) is 22.9. The van der Waals surface area contributed by atoms with Gasteiger partial charge in [-0.3, -0.25) is 14.6 Å². The van der Waals surface area contributed by atoms with Crippen molar-refractivity contribution in [2.75, 3.05) is 12.4 Å². The number of rotatable bonds is 5. The second-order valence-corrected chi connectivity index (χ2v) is 7.64. The molecular formula is C21H20F5N3O4. The molecule has 0 saturated carbocycles. The summed E-state index contributed by atoms with van der Waals surface area (Å²) in [4.78, 5) is 28.1. The van der Waals surface area contributed by atoms with Gasteiger partial charge < -0.3 is 20.5 Å². The fraction of sp³-hybridized carbons (Fsp3) is 0.381. The third-order valence-corrected chi connectivity index (χ3v) is 5.79. The van der Waals surface area contributed by atoms with E-state index in [2.05, 4.69) is 10.3 Å². The second-order valence-electron chi connectivity index (χ2n) is 7.64. The number of carbonyl (C=O) groups excluding carboxylic acids is 2. The number of amides is 2. The van der Waals surface area contributed by atoms with Gasteiger partial charge in [0.15, 0.2) is 17.2 Å². The molecule has 178 valence electrons. The largest absolute Gasteiger partial charge is 0.493 e. The number of aromatic nitrogens is 1. The minimum Gasteiger partial charge on any atom is -0.493 e. The molecule has 2 heterocycles. The van der Waals surface area contributed by atoms with Crippen molar-refractivity contribution < 1.29 is 42.4 Å². The molecule has 33 heavy (non-hydrogen) atoms. The van der Waals surface area contributed by atoms with Gasteiger partial charge in [0.1, 0.15) is 11.8 Å². The molecule has 1 aromatic carbocycles. The molecule has 3 rings (SSSR count). The van der Waals surface area contributed by atoms with E-state index in [0.29, 0.717) is 6.07 Å². The number of ether oxygens (including phenoxy) is 2. The minimum atomic E-state index is -4.93. The summed E-state index contributed by atoms with van der Waals surface area (Å²) >= 11 is 0. The molecule has 2 aromatic rings. The molecule has 0 unspecified atom stereocenters. The predicted octanol–water partition coefficient (Wildman–Crippen LogP) is 3.55. The van der Waals surface area contributed by atoms with E-state index in [-0.39, 0.29) is 23.0 Å². The molecule has 12 heteroatoms. The summed E-state index contributed by atoms with van der Waals surface area (Å²) in [5.41, 5.74) is 1.53. The first-order chi connectivity index (χ1) is 15.7. The third-order valence-electron chi connectivity index (χ3n) is 5.79. The first-order valence-corrected chi connectivity index (χ1v) is 9.56. The fourth-order valence-corrected chi connectivity index (χ4v) is 3.84. The van der Waals surface area contributed by atoms with Crippen LogP contribution >= 0.6 is 0 Å². The van der Waals surface area contributed by atoms with E-state index in [1.807, 2.05) is 0 Å². The van der Waals surface area contributed by atoms with Gasteiger partial charge in [-0.05, 0) is 25.1 Å². The molecule has 0 radical (unpaired) electrons. The maximum absolute atomic E-state index is 14.4. The van der Waals surface area contributed by atoms with Crippen LogP contribution in [0.25, 0.3) is 0 Å². The number of halogens is 5. The maximum Gasteiger partial charge on any atom is 0.417 e. The van der Waals surface area contributed by atoms with Crippen LogP contribution in [0.4, 0.5) is 27.6 Å². The average Bonchev–Trinajstić information content (AvgIpc) is 3.03. The number of methoxy groups -OCH3 is 1. The molecule has 0 spiro atoms. The summed E-state index contributed by atoms with van der Waals surface area (Å²) in [6, 6.07) is 2.36. The van der Waals surface area contributed by atoms with E-state index in [9.17, 15) is 31.5 Å². The van der Waals surface area contributed by atoms with Crippen molar-refractivity contribution in [3.63, 3.8) is 0 Å². The summed E-state index contributed by atoms with van der Waals surface area (Å²) in [6.45, 7) is 1.91. The molecule has 2 amide bonds. The third kappa shape index (κ3) is 4.22. The molecule has 1 saturated heterocycles. The van der Waals surface area contributed by atoms with Crippen LogP contribution in [0.5, 0.6) is 5.75 Å². The Hall–Kier alpha value is -3.28. The summed E-state index contributed by atoms with van der Waals surface area (Å²) in [5.74, 6) is -8.34. The Bertz CT molecular complexity index is 1150. The van der Waals surface area contributed by atoms with Crippen LogP contribution in [-0.2, 0) is 9.53 Å². The monoisotopic (exact) mass is 474 g/mol. The van der Waals surface area contributed by atoms with Gasteiger partial charge in [0.2, 0.25) is 5.82 Å². The van der Waals surface area contributed by atoms with Crippen molar-refractivity contribution in [2.45, 2.75) is 37.6 Å². The normalized spacial score (nSPS) is 25.5. The van der Waals surface area contributed by atoms with E-state index >= 15 is 0 Å². The molecule has 7 nitrogen and oxygen atoms in total. The Balaban J connectivity index is 2.10. The van der Waals surface area contributed by atoms with E-state index in [1.54, 1.807) is 0 Å². The Morgan fingerprint density at radius 3 is 2.58 bits per heavy atom. The lowest BCUT2D eigenvalue weighted by Crippen LogP contribution is -2.47. The molecule has 1 aromatic heterocycles. The van der Waals surface area contributed by atoms with Crippen molar-refractivity contribution in [1.29, 1.82) is 0 Å². The quantitative estimate of drug-likeness (QED) is 0.646. The zero-order valence-corrected chi connectivity index (χ0v) is 17.6. The van der Waals surface area contributed by atoms with Gasteiger partial charge in [-0.1, -0.05) is 13.0 Å². The standard InChI is InChI=1S/C21H20F5N3O4/c1-9-14(11-4-5-12(22)15(23)16(11)32-3)17(33-20(9,2)21(24,25)26)19(31)29-10-6-7-28-13(8-10)18(27)30/h4-9,14,17H,1-3H3,(H2,27,30)(H,28,29,31)/t9-,14-,17-,20+/m1/s1/i6D. The molecular weight excluding hydrogens is 453 g/mol. The SMILES string of the molecule is [2H]c1cnc(C(N)=O)cc1NC(=O)[C@@H]1O[C@](C)(C(F)(F)F)[C@H](C)[C@@H]1c1ccc(F)c(F)c1OC. The minimum absolute atomic E-state index is 0.208. The van der Waals surface area contributed by atoms with E-state index < -0.39 is 58.9 Å². The van der Waals surface area contributed by atoms with Crippen molar-refractivity contribution in [1.82, 2.24) is 4.98 Å². The lowest BCUT2D eigenvalue weighted by atomic mass is 9.77. The number of hydrogen-bond donors (Lipinski definition) is 2. The zero-order chi connectivity index (χ0) is 25.6. The van der Waals surface area contributed by atoms with Crippen molar-refractivity contribution in [3.8, 4) is 5.75 Å². The van der Waals surface area contributed by atoms with Crippen molar-refractivity contribution in [3.05, 3.63) is 53.3 Å². The molecule has 1 aliphatic heterocycles. The van der Waals surface area contributed by atoms with Crippen LogP contribution in [0.2, 0.25) is 0 Å². The Labute approximate surface area is 186 Å². The molecule has 1 fully saturated rings. The van der Waals surface area contributed by atoms with E-state index in [1.165, 1.54) is 6.92 Å². The molecule has 0 aliphatic carbocycles. The summed E-state index contributed by atoms with van der Waals surface area (Å²) in [7, 11) is 1.01. The van der Waals surface area contributed by atoms with E-state index in [0.717, 1.165) is 32.4 Å². The first-order valence-electron chi connectivity index (χ1n) is 10.1. The van der Waals surface area contributed by atoms with Crippen molar-refractivity contribution >= 4 is 17.5 Å². The molecule has 0 bridgehead atoms. The smallest absolute Gasteiger partial charge is 0.417 e. The van der Waals surface area contributed by atoms with Gasteiger partial charge in [0.05, 0.1) is 8.48 Å².